The number of fused-ring (bicyclic) bond motifs is 14. The van der Waals surface area contributed by atoms with Crippen molar-refractivity contribution < 1.29 is 8.83 Å². The smallest absolute Gasteiger partial charge is 0.144 e. The monoisotopic (exact) mass is 713 g/mol. The average molecular weight is 714 g/mol. The fraction of sp³-hybridized carbons (Fsp3) is 0. The van der Waals surface area contributed by atoms with E-state index >= 15 is 0 Å². The van der Waals surface area contributed by atoms with Gasteiger partial charge >= 0.3 is 0 Å². The van der Waals surface area contributed by atoms with E-state index in [0.717, 1.165) is 55.6 Å². The van der Waals surface area contributed by atoms with E-state index in [0.29, 0.717) is 0 Å². The summed E-state index contributed by atoms with van der Waals surface area (Å²) >= 11 is 3.68. The summed E-state index contributed by atoms with van der Waals surface area (Å²) in [5.74, 6) is 0. The van der Waals surface area contributed by atoms with Gasteiger partial charge in [-0.05, 0) is 60.2 Å². The molecule has 12 aromatic rings. The first kappa shape index (κ1) is 29.2. The molecule has 0 aliphatic heterocycles. The van der Waals surface area contributed by atoms with E-state index in [1.54, 1.807) is 0 Å². The number of thiophene rings is 2. The highest BCUT2D eigenvalue weighted by molar-refractivity contribution is 7.27. The van der Waals surface area contributed by atoms with E-state index in [2.05, 4.69) is 157 Å². The van der Waals surface area contributed by atoms with Crippen LogP contribution in [0, 0.1) is 0 Å². The van der Waals surface area contributed by atoms with Crippen molar-refractivity contribution >= 4 is 124 Å². The Morgan fingerprint density at radius 3 is 1.74 bits per heavy atom. The zero-order valence-corrected chi connectivity index (χ0v) is 29.8. The number of para-hydroxylation sites is 3. The van der Waals surface area contributed by atoms with Gasteiger partial charge in [0.15, 0.2) is 0 Å². The van der Waals surface area contributed by atoms with E-state index in [-0.39, 0.29) is 0 Å². The van der Waals surface area contributed by atoms with E-state index in [4.69, 9.17) is 8.83 Å². The highest BCUT2D eigenvalue weighted by atomic mass is 32.1. The van der Waals surface area contributed by atoms with Crippen LogP contribution in [0.2, 0.25) is 0 Å². The fourth-order valence-corrected chi connectivity index (χ4v) is 10.8. The Balaban J connectivity index is 1.11. The predicted octanol–water partition coefficient (Wildman–Crippen LogP) is 15.4. The minimum Gasteiger partial charge on any atom is -0.456 e. The first-order valence-electron chi connectivity index (χ1n) is 17.7. The predicted molar refractivity (Wildman–Crippen MR) is 227 cm³/mol. The molecule has 53 heavy (non-hydrogen) atoms. The van der Waals surface area contributed by atoms with Crippen LogP contribution < -0.4 is 4.90 Å². The Kier molecular flexibility index (Phi) is 6.09. The summed E-state index contributed by atoms with van der Waals surface area (Å²) in [5.41, 5.74) is 9.33. The second kappa shape index (κ2) is 11.1. The summed E-state index contributed by atoms with van der Waals surface area (Å²) in [5, 5.41) is 9.53. The molecule has 0 radical (unpaired) electrons. The van der Waals surface area contributed by atoms with Crippen molar-refractivity contribution in [3.05, 3.63) is 164 Å². The third kappa shape index (κ3) is 4.20. The van der Waals surface area contributed by atoms with Crippen LogP contribution in [0.4, 0.5) is 17.1 Å². The van der Waals surface area contributed by atoms with Gasteiger partial charge < -0.3 is 13.7 Å². The summed E-state index contributed by atoms with van der Waals surface area (Å²) in [6, 6.07) is 58.6. The van der Waals surface area contributed by atoms with Crippen LogP contribution in [-0.2, 0) is 0 Å². The molecule has 0 aliphatic carbocycles. The molecule has 0 amide bonds. The third-order valence-electron chi connectivity index (χ3n) is 10.7. The van der Waals surface area contributed by atoms with Gasteiger partial charge in [0.25, 0.3) is 0 Å². The zero-order valence-electron chi connectivity index (χ0n) is 28.2. The zero-order chi connectivity index (χ0) is 34.6. The molecule has 4 heterocycles. The standard InChI is InChI=1S/C48H27NO2S2/c1-2-12-29(13-3-1)49(37-27-40-44(32-15-5-9-19-39(32)50-40)48-43(37)33-16-6-10-20-41(33)53-48)30-24-22-28(23-25-30)35-26-36-31-14-4-8-18-38(31)51-46(36)45-34-17-7-11-21-42(34)52-47(35)45/h1-27H. The largest absolute Gasteiger partial charge is 0.456 e. The molecule has 0 N–H and O–H groups in total. The lowest BCUT2D eigenvalue weighted by molar-refractivity contribution is 0.669. The number of hydrogen-bond donors (Lipinski definition) is 0. The van der Waals surface area contributed by atoms with Gasteiger partial charge in [0.1, 0.15) is 22.3 Å². The highest BCUT2D eigenvalue weighted by Crippen LogP contribution is 2.51. The second-order valence-electron chi connectivity index (χ2n) is 13.6. The van der Waals surface area contributed by atoms with Crippen LogP contribution >= 0.6 is 22.7 Å². The lowest BCUT2D eigenvalue weighted by Crippen LogP contribution is -2.10. The molecule has 0 unspecified atom stereocenters. The Labute approximate surface area is 311 Å². The molecule has 0 atom stereocenters. The average Bonchev–Trinajstić information content (AvgIpc) is 3.98. The van der Waals surface area contributed by atoms with Crippen molar-refractivity contribution in [1.82, 2.24) is 0 Å². The van der Waals surface area contributed by atoms with Gasteiger partial charge in [-0.3, -0.25) is 0 Å². The molecule has 12 rings (SSSR count). The Bertz CT molecular complexity index is 3400. The summed E-state index contributed by atoms with van der Waals surface area (Å²) in [7, 11) is 0. The number of nitrogens with zero attached hydrogens (tertiary/aromatic N) is 1. The maximum absolute atomic E-state index is 6.59. The van der Waals surface area contributed by atoms with Gasteiger partial charge in [0.05, 0.1) is 5.69 Å². The van der Waals surface area contributed by atoms with Crippen LogP contribution in [0.25, 0.3) is 95.3 Å². The molecular formula is C48H27NO2S2. The van der Waals surface area contributed by atoms with Gasteiger partial charge in [-0.1, -0.05) is 103 Å². The number of benzene rings is 8. The summed E-state index contributed by atoms with van der Waals surface area (Å²) in [4.78, 5) is 2.39. The summed E-state index contributed by atoms with van der Waals surface area (Å²) in [6.45, 7) is 0. The molecule has 0 aliphatic rings. The van der Waals surface area contributed by atoms with Crippen LogP contribution in [0.15, 0.2) is 173 Å². The minimum absolute atomic E-state index is 0.894. The molecule has 0 saturated carbocycles. The molecule has 0 fully saturated rings. The van der Waals surface area contributed by atoms with Gasteiger partial charge in [-0.25, -0.2) is 0 Å². The van der Waals surface area contributed by atoms with Crippen molar-refractivity contribution in [1.29, 1.82) is 0 Å². The molecule has 248 valence electrons. The Morgan fingerprint density at radius 1 is 0.396 bits per heavy atom. The van der Waals surface area contributed by atoms with Crippen molar-refractivity contribution in [2.24, 2.45) is 0 Å². The Hall–Kier alpha value is -6.40. The van der Waals surface area contributed by atoms with Crippen molar-refractivity contribution in [3.8, 4) is 11.1 Å². The number of rotatable bonds is 4. The number of hydrogen-bond acceptors (Lipinski definition) is 5. The molecule has 5 heteroatoms. The van der Waals surface area contributed by atoms with Gasteiger partial charge in [0, 0.05) is 84.9 Å². The van der Waals surface area contributed by atoms with E-state index in [1.807, 2.05) is 34.8 Å². The molecule has 0 saturated heterocycles. The lowest BCUT2D eigenvalue weighted by atomic mass is 9.98. The molecule has 3 nitrogen and oxygen atoms in total. The normalized spacial score (nSPS) is 12.2. The Morgan fingerprint density at radius 2 is 0.981 bits per heavy atom. The van der Waals surface area contributed by atoms with Crippen molar-refractivity contribution in [2.75, 3.05) is 4.90 Å². The van der Waals surface area contributed by atoms with E-state index < -0.39 is 0 Å². The van der Waals surface area contributed by atoms with Gasteiger partial charge in [-0.2, -0.15) is 0 Å². The molecular weight excluding hydrogens is 687 g/mol. The van der Waals surface area contributed by atoms with Crippen LogP contribution in [-0.4, -0.2) is 0 Å². The SMILES string of the molecule is c1ccc(N(c2ccc(-c3cc4c5ccccc5oc4c4c3sc3ccccc34)cc2)c2cc3oc4ccccc4c3c3sc4ccccc4c23)cc1. The van der Waals surface area contributed by atoms with Crippen LogP contribution in [0.3, 0.4) is 0 Å². The van der Waals surface area contributed by atoms with Crippen LogP contribution in [0.5, 0.6) is 0 Å². The van der Waals surface area contributed by atoms with Crippen molar-refractivity contribution in [2.45, 2.75) is 0 Å². The molecule has 0 bridgehead atoms. The van der Waals surface area contributed by atoms with Gasteiger partial charge in [-0.15, -0.1) is 22.7 Å². The minimum atomic E-state index is 0.894. The third-order valence-corrected chi connectivity index (χ3v) is 13.0. The van der Waals surface area contributed by atoms with Crippen LogP contribution in [0.1, 0.15) is 0 Å². The summed E-state index contributed by atoms with van der Waals surface area (Å²) in [6.07, 6.45) is 0. The fourth-order valence-electron chi connectivity index (χ4n) is 8.32. The molecule has 4 aromatic heterocycles. The summed E-state index contributed by atoms with van der Waals surface area (Å²) < 4.78 is 18.2. The topological polar surface area (TPSA) is 29.5 Å². The first-order valence-corrected chi connectivity index (χ1v) is 19.4. The van der Waals surface area contributed by atoms with Gasteiger partial charge in [0.2, 0.25) is 0 Å². The quantitative estimate of drug-likeness (QED) is 0.182. The molecule has 8 aromatic carbocycles. The lowest BCUT2D eigenvalue weighted by Gasteiger charge is -2.26. The second-order valence-corrected chi connectivity index (χ2v) is 15.7. The molecule has 0 spiro atoms. The highest BCUT2D eigenvalue weighted by Gasteiger charge is 2.24. The maximum atomic E-state index is 6.59. The van der Waals surface area contributed by atoms with E-state index in [9.17, 15) is 0 Å². The van der Waals surface area contributed by atoms with Crippen molar-refractivity contribution in [3.63, 3.8) is 0 Å². The first-order chi connectivity index (χ1) is 26.3. The number of furan rings is 2. The number of anilines is 3. The van der Waals surface area contributed by atoms with E-state index in [1.165, 1.54) is 56.9 Å². The maximum Gasteiger partial charge on any atom is 0.144 e.